The number of aliphatic carboxylic acids is 1. The molecule has 116 valence electrons. The molecule has 2 amide bonds. The molecule has 0 saturated heterocycles. The second kappa shape index (κ2) is 7.06. The summed E-state index contributed by atoms with van der Waals surface area (Å²) in [5.41, 5.74) is -1.17. The molecule has 7 heteroatoms. The lowest BCUT2D eigenvalue weighted by atomic mass is 9.77. The second-order valence-electron chi connectivity index (χ2n) is 5.81. The Kier molecular flexibility index (Phi) is 5.98. The number of carbonyl (C=O) groups excluding carboxylic acids is 1. The van der Waals surface area contributed by atoms with Gasteiger partial charge in [-0.05, 0) is 38.5 Å². The van der Waals surface area contributed by atoms with Crippen LogP contribution in [0.1, 0.15) is 39.5 Å². The molecule has 0 spiro atoms. The fourth-order valence-corrected chi connectivity index (χ4v) is 3.31. The molecular weight excluding hydrogens is 280 g/mol. The highest BCUT2D eigenvalue weighted by molar-refractivity contribution is 7.84. The van der Waals surface area contributed by atoms with Crippen molar-refractivity contribution in [3.63, 3.8) is 0 Å². The molecule has 0 aliphatic heterocycles. The van der Waals surface area contributed by atoms with Gasteiger partial charge in [0.2, 0.25) is 0 Å². The number of hydrogen-bond donors (Lipinski definition) is 3. The van der Waals surface area contributed by atoms with Gasteiger partial charge in [0, 0.05) is 28.9 Å². The number of rotatable bonds is 5. The third-order valence-corrected chi connectivity index (χ3v) is 4.72. The van der Waals surface area contributed by atoms with Gasteiger partial charge in [0.15, 0.2) is 0 Å². The molecule has 1 saturated carbocycles. The molecule has 0 aromatic carbocycles. The molecule has 0 radical (unpaired) electrons. The number of urea groups is 1. The normalized spacial score (nSPS) is 29.2. The maximum atomic E-state index is 11.9. The van der Waals surface area contributed by atoms with Crippen LogP contribution in [0.2, 0.25) is 0 Å². The van der Waals surface area contributed by atoms with Crippen LogP contribution in [0.3, 0.4) is 0 Å². The first-order valence-electron chi connectivity index (χ1n) is 6.87. The van der Waals surface area contributed by atoms with Crippen molar-refractivity contribution in [3.05, 3.63) is 0 Å². The van der Waals surface area contributed by atoms with Crippen molar-refractivity contribution in [3.8, 4) is 0 Å². The van der Waals surface area contributed by atoms with E-state index in [0.717, 1.165) is 12.8 Å². The first-order valence-corrected chi connectivity index (χ1v) is 8.60. The highest BCUT2D eigenvalue weighted by Gasteiger charge is 2.42. The molecule has 1 aliphatic carbocycles. The third-order valence-electron chi connectivity index (χ3n) is 3.75. The largest absolute Gasteiger partial charge is 0.480 e. The fourth-order valence-electron chi connectivity index (χ4n) is 2.52. The van der Waals surface area contributed by atoms with Gasteiger partial charge >= 0.3 is 12.0 Å². The van der Waals surface area contributed by atoms with Gasteiger partial charge in [-0.2, -0.15) is 0 Å². The predicted molar refractivity (Wildman–Crippen MR) is 78.1 cm³/mol. The summed E-state index contributed by atoms with van der Waals surface area (Å²) in [5, 5.41) is 14.7. The Hall–Kier alpha value is -1.11. The number of carboxylic acids is 1. The molecule has 3 N–H and O–H groups in total. The monoisotopic (exact) mass is 304 g/mol. The predicted octanol–water partition coefficient (Wildman–Crippen LogP) is 1.09. The van der Waals surface area contributed by atoms with Gasteiger partial charge < -0.3 is 15.7 Å². The fraction of sp³-hybridized carbons (Fsp3) is 0.846. The van der Waals surface area contributed by atoms with Gasteiger partial charge in [-0.25, -0.2) is 9.59 Å². The maximum Gasteiger partial charge on any atom is 0.329 e. The molecule has 0 aromatic heterocycles. The van der Waals surface area contributed by atoms with Crippen LogP contribution >= 0.6 is 0 Å². The van der Waals surface area contributed by atoms with Crippen LogP contribution in [-0.2, 0) is 15.6 Å². The van der Waals surface area contributed by atoms with Crippen molar-refractivity contribution >= 4 is 22.8 Å². The number of hydrogen-bond acceptors (Lipinski definition) is 3. The molecule has 0 bridgehead atoms. The Morgan fingerprint density at radius 1 is 1.40 bits per heavy atom. The zero-order chi connectivity index (χ0) is 15.3. The van der Waals surface area contributed by atoms with E-state index in [9.17, 15) is 18.9 Å². The van der Waals surface area contributed by atoms with Crippen molar-refractivity contribution in [2.45, 2.75) is 51.1 Å². The summed E-state index contributed by atoms with van der Waals surface area (Å²) in [4.78, 5) is 23.4. The number of amides is 2. The van der Waals surface area contributed by atoms with Crippen molar-refractivity contribution < 1.29 is 18.9 Å². The van der Waals surface area contributed by atoms with Gasteiger partial charge in [0.1, 0.15) is 5.54 Å². The van der Waals surface area contributed by atoms with Crippen LogP contribution in [0.25, 0.3) is 0 Å². The summed E-state index contributed by atoms with van der Waals surface area (Å²) in [7, 11) is -1.00. The minimum atomic E-state index is -1.17. The minimum Gasteiger partial charge on any atom is -0.480 e. The van der Waals surface area contributed by atoms with Gasteiger partial charge in [-0.15, -0.1) is 0 Å². The minimum absolute atomic E-state index is 0.255. The average molecular weight is 304 g/mol. The van der Waals surface area contributed by atoms with E-state index >= 15 is 0 Å². The zero-order valence-electron chi connectivity index (χ0n) is 12.3. The molecule has 20 heavy (non-hydrogen) atoms. The van der Waals surface area contributed by atoms with E-state index in [4.69, 9.17) is 0 Å². The first kappa shape index (κ1) is 16.9. The molecule has 0 aromatic rings. The Labute approximate surface area is 122 Å². The topological polar surface area (TPSA) is 95.5 Å². The van der Waals surface area contributed by atoms with E-state index < -0.39 is 28.3 Å². The Morgan fingerprint density at radius 2 is 1.95 bits per heavy atom. The summed E-state index contributed by atoms with van der Waals surface area (Å²) < 4.78 is 11.1. The summed E-state index contributed by atoms with van der Waals surface area (Å²) in [5.74, 6) is -0.134. The molecule has 6 nitrogen and oxygen atoms in total. The molecule has 1 rings (SSSR count). The van der Waals surface area contributed by atoms with Gasteiger partial charge in [0.25, 0.3) is 0 Å². The standard InChI is InChI=1S/C13H24N2O4S/c1-9-4-6-13(7-5-9,11(16)17)15-12(18)14-10(2)8-20(3)19/h9-10H,4-8H2,1-3H3,(H,16,17)(H2,14,15,18). The summed E-state index contributed by atoms with van der Waals surface area (Å²) in [6.45, 7) is 3.84. The quantitative estimate of drug-likeness (QED) is 0.708. The van der Waals surface area contributed by atoms with E-state index in [0.29, 0.717) is 24.5 Å². The first-order chi connectivity index (χ1) is 9.25. The third kappa shape index (κ3) is 4.77. The van der Waals surface area contributed by atoms with Gasteiger partial charge in [-0.3, -0.25) is 4.21 Å². The summed E-state index contributed by atoms with van der Waals surface area (Å²) in [6.07, 6.45) is 4.05. The smallest absolute Gasteiger partial charge is 0.329 e. The van der Waals surface area contributed by atoms with E-state index in [1.54, 1.807) is 13.2 Å². The Balaban J connectivity index is 2.60. The van der Waals surface area contributed by atoms with E-state index in [2.05, 4.69) is 17.6 Å². The van der Waals surface area contributed by atoms with Crippen molar-refractivity contribution in [2.24, 2.45) is 5.92 Å². The van der Waals surface area contributed by atoms with Crippen molar-refractivity contribution in [1.29, 1.82) is 0 Å². The lowest BCUT2D eigenvalue weighted by molar-refractivity contribution is -0.146. The van der Waals surface area contributed by atoms with Crippen LogP contribution in [-0.4, -0.2) is 44.9 Å². The molecule has 0 heterocycles. The van der Waals surface area contributed by atoms with Crippen LogP contribution in [0.4, 0.5) is 4.79 Å². The summed E-state index contributed by atoms with van der Waals surface area (Å²) >= 11 is 0. The van der Waals surface area contributed by atoms with Crippen LogP contribution in [0.15, 0.2) is 0 Å². The molecule has 2 atom stereocenters. The van der Waals surface area contributed by atoms with E-state index in [1.807, 2.05) is 0 Å². The highest BCUT2D eigenvalue weighted by atomic mass is 32.2. The molecule has 1 fully saturated rings. The average Bonchev–Trinajstić information content (AvgIpc) is 2.30. The van der Waals surface area contributed by atoms with Gasteiger partial charge in [0.05, 0.1) is 0 Å². The van der Waals surface area contributed by atoms with Crippen molar-refractivity contribution in [2.75, 3.05) is 12.0 Å². The number of nitrogens with one attached hydrogen (secondary N) is 2. The van der Waals surface area contributed by atoms with E-state index in [-0.39, 0.29) is 6.04 Å². The maximum absolute atomic E-state index is 11.9. The molecular formula is C13H24N2O4S. The second-order valence-corrected chi connectivity index (χ2v) is 7.29. The van der Waals surface area contributed by atoms with Crippen molar-refractivity contribution in [1.82, 2.24) is 10.6 Å². The molecule has 2 unspecified atom stereocenters. The number of carbonyl (C=O) groups is 2. The van der Waals surface area contributed by atoms with Crippen LogP contribution < -0.4 is 10.6 Å². The Bertz CT molecular complexity index is 392. The highest BCUT2D eigenvalue weighted by Crippen LogP contribution is 2.32. The van der Waals surface area contributed by atoms with E-state index in [1.165, 1.54) is 0 Å². The molecule has 1 aliphatic rings. The SMILES string of the molecule is CC1CCC(NC(=O)NC(C)CS(C)=O)(C(=O)O)CC1. The lowest BCUT2D eigenvalue weighted by Crippen LogP contribution is -2.59. The number of carboxylic acid groups (broad SMARTS) is 1. The zero-order valence-corrected chi connectivity index (χ0v) is 13.1. The summed E-state index contributed by atoms with van der Waals surface area (Å²) in [6, 6.07) is -0.755. The van der Waals surface area contributed by atoms with Crippen LogP contribution in [0.5, 0.6) is 0 Å². The Morgan fingerprint density at radius 3 is 2.40 bits per heavy atom. The van der Waals surface area contributed by atoms with Gasteiger partial charge in [-0.1, -0.05) is 6.92 Å². The lowest BCUT2D eigenvalue weighted by Gasteiger charge is -2.36. The van der Waals surface area contributed by atoms with Crippen LogP contribution in [0, 0.1) is 5.92 Å².